The zero-order chi connectivity index (χ0) is 14.7. The molecule has 0 unspecified atom stereocenters. The minimum atomic E-state index is 0.496. The third-order valence-corrected chi connectivity index (χ3v) is 3.98. The highest BCUT2D eigenvalue weighted by atomic mass is 35.5. The molecular formula is C15H14Cl3NO. The van der Waals surface area contributed by atoms with Crippen molar-refractivity contribution < 1.29 is 4.74 Å². The summed E-state index contributed by atoms with van der Waals surface area (Å²) in [5.41, 5.74) is 2.97. The molecule has 2 aromatic carbocycles. The maximum Gasteiger partial charge on any atom is 0.156 e. The highest BCUT2D eigenvalue weighted by Gasteiger charge is 2.09. The highest BCUT2D eigenvalue weighted by molar-refractivity contribution is 6.37. The molecule has 2 nitrogen and oxygen atoms in total. The van der Waals surface area contributed by atoms with E-state index in [1.54, 1.807) is 7.11 Å². The Balaban J connectivity index is 2.17. The second-order valence-corrected chi connectivity index (χ2v) is 5.58. The number of hydrogen-bond donors (Lipinski definition) is 1. The first-order chi connectivity index (χ1) is 9.52. The quantitative estimate of drug-likeness (QED) is 0.790. The van der Waals surface area contributed by atoms with Gasteiger partial charge in [-0.15, -0.1) is 0 Å². The van der Waals surface area contributed by atoms with E-state index in [0.717, 1.165) is 21.8 Å². The lowest BCUT2D eigenvalue weighted by Crippen LogP contribution is -2.01. The maximum atomic E-state index is 6.11. The van der Waals surface area contributed by atoms with Crippen LogP contribution in [-0.2, 0) is 6.54 Å². The van der Waals surface area contributed by atoms with E-state index in [1.807, 2.05) is 37.3 Å². The van der Waals surface area contributed by atoms with Gasteiger partial charge in [0.2, 0.25) is 0 Å². The van der Waals surface area contributed by atoms with Gasteiger partial charge in [0, 0.05) is 17.3 Å². The predicted octanol–water partition coefficient (Wildman–Crippen LogP) is 5.58. The Bertz CT molecular complexity index is 606. The molecule has 0 saturated carbocycles. The summed E-state index contributed by atoms with van der Waals surface area (Å²) >= 11 is 18.3. The lowest BCUT2D eigenvalue weighted by atomic mass is 10.1. The van der Waals surface area contributed by atoms with E-state index in [9.17, 15) is 0 Å². The SMILES string of the molecule is COc1c(Cl)cc(CNc2cccc(Cl)c2C)cc1Cl. The Kier molecular flexibility index (Phi) is 5.03. The summed E-state index contributed by atoms with van der Waals surface area (Å²) in [5, 5.41) is 5.06. The molecule has 0 aliphatic carbocycles. The zero-order valence-electron chi connectivity index (χ0n) is 11.1. The van der Waals surface area contributed by atoms with E-state index in [-0.39, 0.29) is 0 Å². The second kappa shape index (κ2) is 6.57. The van der Waals surface area contributed by atoms with Gasteiger partial charge in [0.25, 0.3) is 0 Å². The minimum absolute atomic E-state index is 0.496. The molecule has 0 saturated heterocycles. The highest BCUT2D eigenvalue weighted by Crippen LogP contribution is 2.34. The molecule has 1 N–H and O–H groups in total. The Morgan fingerprint density at radius 2 is 1.70 bits per heavy atom. The first kappa shape index (κ1) is 15.3. The van der Waals surface area contributed by atoms with Crippen molar-refractivity contribution in [3.8, 4) is 5.75 Å². The van der Waals surface area contributed by atoms with Crippen LogP contribution in [-0.4, -0.2) is 7.11 Å². The lowest BCUT2D eigenvalue weighted by Gasteiger charge is -2.12. The van der Waals surface area contributed by atoms with Crippen LogP contribution in [0.1, 0.15) is 11.1 Å². The Hall–Kier alpha value is -1.09. The molecule has 5 heteroatoms. The van der Waals surface area contributed by atoms with Crippen molar-refractivity contribution in [3.63, 3.8) is 0 Å². The third kappa shape index (κ3) is 3.32. The Labute approximate surface area is 133 Å². The molecule has 0 aliphatic heterocycles. The minimum Gasteiger partial charge on any atom is -0.494 e. The van der Waals surface area contributed by atoms with Crippen molar-refractivity contribution in [2.45, 2.75) is 13.5 Å². The molecule has 0 heterocycles. The number of anilines is 1. The molecule has 20 heavy (non-hydrogen) atoms. The van der Waals surface area contributed by atoms with Crippen LogP contribution in [0.4, 0.5) is 5.69 Å². The fourth-order valence-corrected chi connectivity index (χ4v) is 2.77. The van der Waals surface area contributed by atoms with Crippen molar-refractivity contribution in [2.75, 3.05) is 12.4 Å². The van der Waals surface area contributed by atoms with Gasteiger partial charge in [-0.3, -0.25) is 0 Å². The van der Waals surface area contributed by atoms with Crippen LogP contribution in [0.5, 0.6) is 5.75 Å². The second-order valence-electron chi connectivity index (χ2n) is 4.36. The van der Waals surface area contributed by atoms with Crippen LogP contribution in [0.25, 0.3) is 0 Å². The normalized spacial score (nSPS) is 10.4. The van der Waals surface area contributed by atoms with Crippen molar-refractivity contribution in [3.05, 3.63) is 56.5 Å². The van der Waals surface area contributed by atoms with Gasteiger partial charge in [-0.05, 0) is 42.3 Å². The van der Waals surface area contributed by atoms with E-state index < -0.39 is 0 Å². The summed E-state index contributed by atoms with van der Waals surface area (Å²) in [6.07, 6.45) is 0. The molecule has 0 bridgehead atoms. The van der Waals surface area contributed by atoms with Gasteiger partial charge < -0.3 is 10.1 Å². The summed E-state index contributed by atoms with van der Waals surface area (Å²) in [7, 11) is 1.54. The first-order valence-corrected chi connectivity index (χ1v) is 7.17. The molecule has 0 atom stereocenters. The van der Waals surface area contributed by atoms with Gasteiger partial charge in [-0.1, -0.05) is 40.9 Å². The molecule has 0 aliphatic rings. The monoisotopic (exact) mass is 329 g/mol. The number of hydrogen-bond acceptors (Lipinski definition) is 2. The van der Waals surface area contributed by atoms with Crippen LogP contribution in [0.3, 0.4) is 0 Å². The van der Waals surface area contributed by atoms with Gasteiger partial charge in [0.15, 0.2) is 5.75 Å². The van der Waals surface area contributed by atoms with Crippen LogP contribution < -0.4 is 10.1 Å². The van der Waals surface area contributed by atoms with Gasteiger partial charge in [0.1, 0.15) is 0 Å². The predicted molar refractivity (Wildman–Crippen MR) is 86.5 cm³/mol. The van der Waals surface area contributed by atoms with Crippen molar-refractivity contribution >= 4 is 40.5 Å². The molecule has 0 fully saturated rings. The number of benzene rings is 2. The van der Waals surface area contributed by atoms with E-state index in [1.165, 1.54) is 0 Å². The first-order valence-electron chi connectivity index (χ1n) is 6.04. The summed E-state index contributed by atoms with van der Waals surface area (Å²) < 4.78 is 5.13. The van der Waals surface area contributed by atoms with Crippen LogP contribution in [0.2, 0.25) is 15.1 Å². The van der Waals surface area contributed by atoms with Gasteiger partial charge >= 0.3 is 0 Å². The molecule has 0 amide bonds. The Morgan fingerprint density at radius 1 is 1.05 bits per heavy atom. The summed E-state index contributed by atoms with van der Waals surface area (Å²) in [6, 6.07) is 9.42. The number of ether oxygens (including phenoxy) is 1. The number of methoxy groups -OCH3 is 1. The third-order valence-electron chi connectivity index (χ3n) is 3.01. The number of rotatable bonds is 4. The van der Waals surface area contributed by atoms with Crippen molar-refractivity contribution in [1.29, 1.82) is 0 Å². The molecule has 106 valence electrons. The van der Waals surface area contributed by atoms with Crippen molar-refractivity contribution in [2.24, 2.45) is 0 Å². The molecule has 2 rings (SSSR count). The smallest absolute Gasteiger partial charge is 0.156 e. The average Bonchev–Trinajstić information content (AvgIpc) is 2.40. The molecule has 0 radical (unpaired) electrons. The average molecular weight is 331 g/mol. The summed E-state index contributed by atoms with van der Waals surface area (Å²) in [5.74, 6) is 0.496. The molecule has 0 aromatic heterocycles. The van der Waals surface area contributed by atoms with Gasteiger partial charge in [-0.2, -0.15) is 0 Å². The van der Waals surface area contributed by atoms with Gasteiger partial charge in [0.05, 0.1) is 17.2 Å². The van der Waals surface area contributed by atoms with Crippen LogP contribution >= 0.6 is 34.8 Å². The zero-order valence-corrected chi connectivity index (χ0v) is 13.4. The van der Waals surface area contributed by atoms with Crippen molar-refractivity contribution in [1.82, 2.24) is 0 Å². The van der Waals surface area contributed by atoms with E-state index >= 15 is 0 Å². The maximum absolute atomic E-state index is 6.11. The summed E-state index contributed by atoms with van der Waals surface area (Å²) in [6.45, 7) is 2.57. The van der Waals surface area contributed by atoms with Crippen LogP contribution in [0, 0.1) is 6.92 Å². The fourth-order valence-electron chi connectivity index (χ4n) is 1.91. The van der Waals surface area contributed by atoms with E-state index in [2.05, 4.69) is 5.32 Å². The largest absolute Gasteiger partial charge is 0.494 e. The standard InChI is InChI=1S/C15H14Cl3NO/c1-9-11(16)4-3-5-14(9)19-8-10-6-12(17)15(20-2)13(18)7-10/h3-7,19H,8H2,1-2H3. The van der Waals surface area contributed by atoms with Gasteiger partial charge in [-0.25, -0.2) is 0 Å². The topological polar surface area (TPSA) is 21.3 Å². The van der Waals surface area contributed by atoms with Crippen LogP contribution in [0.15, 0.2) is 30.3 Å². The Morgan fingerprint density at radius 3 is 2.30 bits per heavy atom. The molecular weight excluding hydrogens is 317 g/mol. The summed E-state index contributed by atoms with van der Waals surface area (Å²) in [4.78, 5) is 0. The molecule has 2 aromatic rings. The van der Waals surface area contributed by atoms with E-state index in [4.69, 9.17) is 39.5 Å². The molecule has 0 spiro atoms. The lowest BCUT2D eigenvalue weighted by molar-refractivity contribution is 0.415. The number of halogens is 3. The van der Waals surface area contributed by atoms with E-state index in [0.29, 0.717) is 22.3 Å². The number of nitrogens with one attached hydrogen (secondary N) is 1. The fraction of sp³-hybridized carbons (Fsp3) is 0.200.